The number of fused-ring (bicyclic) bond motifs is 1. The third-order valence-corrected chi connectivity index (χ3v) is 5.87. The quantitative estimate of drug-likeness (QED) is 0.902. The van der Waals surface area contributed by atoms with Gasteiger partial charge in [-0.1, -0.05) is 6.42 Å². The number of nitrogens with zero attached hydrogens (tertiary/aromatic N) is 2. The molecular formula is C16H23N3O3S. The van der Waals surface area contributed by atoms with Gasteiger partial charge in [0.25, 0.3) is 0 Å². The molecule has 1 spiro atoms. The minimum atomic E-state index is -1.26. The fourth-order valence-electron chi connectivity index (χ4n) is 3.10. The molecule has 3 heterocycles. The monoisotopic (exact) mass is 337 g/mol. The molecule has 23 heavy (non-hydrogen) atoms. The molecule has 0 radical (unpaired) electrons. The minimum Gasteiger partial charge on any atom is -0.476 e. The van der Waals surface area contributed by atoms with Gasteiger partial charge in [-0.2, -0.15) is 4.98 Å². The van der Waals surface area contributed by atoms with Crippen molar-refractivity contribution in [3.8, 4) is 11.8 Å². The Morgan fingerprint density at radius 3 is 2.91 bits per heavy atom. The maximum atomic E-state index is 12.2. The van der Waals surface area contributed by atoms with Crippen LogP contribution in [0.3, 0.4) is 0 Å². The van der Waals surface area contributed by atoms with Gasteiger partial charge in [-0.05, 0) is 44.8 Å². The van der Waals surface area contributed by atoms with Crippen LogP contribution in [0.1, 0.15) is 32.1 Å². The summed E-state index contributed by atoms with van der Waals surface area (Å²) in [5, 5.41) is 0. The highest BCUT2D eigenvalue weighted by Gasteiger charge is 2.48. The van der Waals surface area contributed by atoms with Crippen LogP contribution in [0.2, 0.25) is 0 Å². The van der Waals surface area contributed by atoms with Gasteiger partial charge in [0.05, 0.1) is 0 Å². The van der Waals surface area contributed by atoms with Gasteiger partial charge in [-0.25, -0.2) is 8.93 Å². The Hall–Kier alpha value is -1.18. The lowest BCUT2D eigenvalue weighted by molar-refractivity contribution is 0.164. The van der Waals surface area contributed by atoms with E-state index in [0.717, 1.165) is 32.5 Å². The topological polar surface area (TPSA) is 63.7 Å². The zero-order valence-electron chi connectivity index (χ0n) is 13.3. The van der Waals surface area contributed by atoms with Crippen LogP contribution >= 0.6 is 0 Å². The Labute approximate surface area is 139 Å². The van der Waals surface area contributed by atoms with Crippen molar-refractivity contribution in [2.75, 3.05) is 32.8 Å². The molecule has 1 aromatic rings. The Balaban J connectivity index is 1.40. The number of piperidine rings is 1. The zero-order chi connectivity index (χ0) is 15.7. The second-order valence-electron chi connectivity index (χ2n) is 6.58. The van der Waals surface area contributed by atoms with Crippen LogP contribution in [-0.2, 0) is 11.0 Å². The average molecular weight is 337 g/mol. The van der Waals surface area contributed by atoms with E-state index in [1.165, 1.54) is 19.3 Å². The zero-order valence-corrected chi connectivity index (χ0v) is 14.1. The summed E-state index contributed by atoms with van der Waals surface area (Å²) in [5.74, 6) is 1.01. The summed E-state index contributed by atoms with van der Waals surface area (Å²) in [6.45, 7) is 4.49. The number of pyridine rings is 1. The van der Waals surface area contributed by atoms with E-state index >= 15 is 0 Å². The normalized spacial score (nSPS) is 26.2. The van der Waals surface area contributed by atoms with Gasteiger partial charge in [0.15, 0.2) is 0 Å². The van der Waals surface area contributed by atoms with Crippen molar-refractivity contribution in [2.45, 2.75) is 42.6 Å². The number of aromatic nitrogens is 1. The van der Waals surface area contributed by atoms with Crippen LogP contribution in [-0.4, -0.2) is 52.5 Å². The van der Waals surface area contributed by atoms with E-state index in [-0.39, 0.29) is 5.60 Å². The maximum Gasteiger partial charge on any atom is 0.235 e. The Morgan fingerprint density at radius 2 is 2.13 bits per heavy atom. The van der Waals surface area contributed by atoms with Crippen LogP contribution in [0, 0.1) is 0 Å². The van der Waals surface area contributed by atoms with Gasteiger partial charge in [0.2, 0.25) is 11.8 Å². The van der Waals surface area contributed by atoms with Crippen LogP contribution in [0.25, 0.3) is 0 Å². The molecule has 1 saturated carbocycles. The summed E-state index contributed by atoms with van der Waals surface area (Å²) in [6.07, 6.45) is 5.88. The lowest BCUT2D eigenvalue weighted by Gasteiger charge is -2.26. The number of likely N-dealkylation sites (tertiary alicyclic amines) is 1. The lowest BCUT2D eigenvalue weighted by atomic mass is 10.1. The summed E-state index contributed by atoms with van der Waals surface area (Å²) in [5.41, 5.74) is -0.208. The number of nitrogens with one attached hydrogen (secondary N) is 1. The number of hydrogen-bond donors (Lipinski definition) is 1. The van der Waals surface area contributed by atoms with E-state index in [2.05, 4.69) is 14.6 Å². The second kappa shape index (κ2) is 6.37. The predicted molar refractivity (Wildman–Crippen MR) is 87.0 cm³/mol. The summed E-state index contributed by atoms with van der Waals surface area (Å²) in [4.78, 5) is 7.49. The van der Waals surface area contributed by atoms with Crippen molar-refractivity contribution in [1.82, 2.24) is 14.6 Å². The lowest BCUT2D eigenvalue weighted by Crippen LogP contribution is -2.33. The van der Waals surface area contributed by atoms with Crippen LogP contribution in [0.4, 0.5) is 0 Å². The molecule has 2 fully saturated rings. The van der Waals surface area contributed by atoms with Crippen LogP contribution in [0.15, 0.2) is 17.0 Å². The van der Waals surface area contributed by atoms with Crippen molar-refractivity contribution < 1.29 is 13.7 Å². The fourth-order valence-corrected chi connectivity index (χ4v) is 4.09. The molecule has 2 aliphatic heterocycles. The van der Waals surface area contributed by atoms with Crippen molar-refractivity contribution in [3.05, 3.63) is 12.1 Å². The molecule has 1 aliphatic carbocycles. The first kappa shape index (κ1) is 15.4. The highest BCUT2D eigenvalue weighted by Crippen LogP contribution is 2.42. The fraction of sp³-hybridized carbons (Fsp3) is 0.688. The van der Waals surface area contributed by atoms with E-state index < -0.39 is 11.0 Å². The summed E-state index contributed by atoms with van der Waals surface area (Å²) in [7, 11) is -1.26. The van der Waals surface area contributed by atoms with Gasteiger partial charge in [-0.3, -0.25) is 4.90 Å². The standard InChI is InChI=1S/C16H23N3O3S/c20-23-13-4-5-14(21-11-10-19-8-2-1-3-9-19)18-15(13)22-16(6-7-16)12-17-23/h4-5,17H,1-3,6-12H2. The highest BCUT2D eigenvalue weighted by molar-refractivity contribution is 7.83. The van der Waals surface area contributed by atoms with Crippen molar-refractivity contribution in [1.29, 1.82) is 0 Å². The molecule has 1 atom stereocenters. The smallest absolute Gasteiger partial charge is 0.235 e. The molecule has 1 aromatic heterocycles. The number of ether oxygens (including phenoxy) is 2. The molecule has 3 aliphatic rings. The van der Waals surface area contributed by atoms with Crippen LogP contribution in [0.5, 0.6) is 11.8 Å². The van der Waals surface area contributed by atoms with Gasteiger partial charge in [-0.15, -0.1) is 0 Å². The second-order valence-corrected chi connectivity index (χ2v) is 7.84. The molecule has 6 nitrogen and oxygen atoms in total. The SMILES string of the molecule is O=S1NCC2(CC2)Oc2nc(OCCN3CCCCC3)ccc21. The van der Waals surface area contributed by atoms with E-state index in [1.807, 2.05) is 0 Å². The molecule has 1 unspecified atom stereocenters. The van der Waals surface area contributed by atoms with Gasteiger partial charge < -0.3 is 9.47 Å². The summed E-state index contributed by atoms with van der Waals surface area (Å²) < 4.78 is 27.0. The summed E-state index contributed by atoms with van der Waals surface area (Å²) in [6, 6.07) is 3.58. The molecule has 126 valence electrons. The highest BCUT2D eigenvalue weighted by atomic mass is 32.2. The van der Waals surface area contributed by atoms with E-state index in [9.17, 15) is 4.21 Å². The van der Waals surface area contributed by atoms with E-state index in [0.29, 0.717) is 29.8 Å². The molecule has 1 N–H and O–H groups in total. The Kier molecular flexibility index (Phi) is 4.26. The number of hydrogen-bond acceptors (Lipinski definition) is 5. The maximum absolute atomic E-state index is 12.2. The van der Waals surface area contributed by atoms with Crippen molar-refractivity contribution in [2.24, 2.45) is 0 Å². The first-order valence-corrected chi connectivity index (χ1v) is 9.60. The first-order chi connectivity index (χ1) is 11.2. The van der Waals surface area contributed by atoms with Gasteiger partial charge >= 0.3 is 0 Å². The molecule has 7 heteroatoms. The Morgan fingerprint density at radius 1 is 1.30 bits per heavy atom. The van der Waals surface area contributed by atoms with Gasteiger partial charge in [0.1, 0.15) is 28.1 Å². The molecule has 0 amide bonds. The van der Waals surface area contributed by atoms with Crippen LogP contribution < -0.4 is 14.2 Å². The third-order valence-electron chi connectivity index (χ3n) is 4.75. The predicted octanol–water partition coefficient (Wildman–Crippen LogP) is 1.48. The molecule has 1 saturated heterocycles. The van der Waals surface area contributed by atoms with Crippen molar-refractivity contribution in [3.63, 3.8) is 0 Å². The van der Waals surface area contributed by atoms with Crippen molar-refractivity contribution >= 4 is 11.0 Å². The first-order valence-electron chi connectivity index (χ1n) is 8.45. The molecule has 4 rings (SSSR count). The molecule has 0 bridgehead atoms. The van der Waals surface area contributed by atoms with E-state index in [1.54, 1.807) is 12.1 Å². The summed E-state index contributed by atoms with van der Waals surface area (Å²) >= 11 is 0. The molecular weight excluding hydrogens is 314 g/mol. The minimum absolute atomic E-state index is 0.208. The largest absolute Gasteiger partial charge is 0.476 e. The van der Waals surface area contributed by atoms with Gasteiger partial charge in [0, 0.05) is 19.2 Å². The number of rotatable bonds is 4. The average Bonchev–Trinajstić information content (AvgIpc) is 3.35. The van der Waals surface area contributed by atoms with E-state index in [4.69, 9.17) is 9.47 Å². The third kappa shape index (κ3) is 3.51. The molecule has 0 aromatic carbocycles. The Bertz CT molecular complexity index is 600.